The second kappa shape index (κ2) is 5.43. The van der Waals surface area contributed by atoms with Crippen LogP contribution in [0.4, 0.5) is 0 Å². The van der Waals surface area contributed by atoms with Crippen molar-refractivity contribution in [1.29, 1.82) is 0 Å². The fourth-order valence-electron chi connectivity index (χ4n) is 1.81. The third-order valence-electron chi connectivity index (χ3n) is 2.67. The van der Waals surface area contributed by atoms with E-state index < -0.39 is 5.91 Å². The number of hydrogen-bond donors (Lipinski definition) is 3. The molecule has 1 atom stereocenters. The highest BCUT2D eigenvalue weighted by Gasteiger charge is 2.17. The number of benzene rings is 1. The molecule has 2 rings (SSSR count). The van der Waals surface area contributed by atoms with Crippen LogP contribution in [0.1, 0.15) is 17.3 Å². The maximum Gasteiger partial charge on any atom is 0.259 e. The molecule has 1 amide bonds. The molecule has 0 aliphatic carbocycles. The Balaban J connectivity index is 2.04. The summed E-state index contributed by atoms with van der Waals surface area (Å²) in [5, 5.41) is 21.9. The highest BCUT2D eigenvalue weighted by molar-refractivity contribution is 5.99. The largest absolute Gasteiger partial charge is 0.507 e. The van der Waals surface area contributed by atoms with E-state index in [1.807, 2.05) is 11.5 Å². The lowest BCUT2D eigenvalue weighted by atomic mass is 10.1. The standard InChI is InChI=1S/C13H15N3O3/c1-9(7-16-6-5-14-8-16)15-13(19)12-10(17)3-2-4-11(12)18/h2-6,8-9,17-18H,7H2,1H3,(H,15,19). The van der Waals surface area contributed by atoms with Crippen molar-refractivity contribution in [3.63, 3.8) is 0 Å². The predicted octanol–water partition coefficient (Wildman–Crippen LogP) is 1.11. The first-order chi connectivity index (χ1) is 9.08. The molecule has 0 spiro atoms. The van der Waals surface area contributed by atoms with Gasteiger partial charge in [-0.05, 0) is 19.1 Å². The van der Waals surface area contributed by atoms with Crippen LogP contribution in [0.3, 0.4) is 0 Å². The highest BCUT2D eigenvalue weighted by Crippen LogP contribution is 2.25. The minimum atomic E-state index is -0.511. The molecule has 2 aromatic rings. The van der Waals surface area contributed by atoms with Gasteiger partial charge in [0.15, 0.2) is 0 Å². The molecule has 1 heterocycles. The van der Waals surface area contributed by atoms with Gasteiger partial charge >= 0.3 is 0 Å². The van der Waals surface area contributed by atoms with Crippen molar-refractivity contribution >= 4 is 5.91 Å². The van der Waals surface area contributed by atoms with E-state index >= 15 is 0 Å². The van der Waals surface area contributed by atoms with Gasteiger partial charge < -0.3 is 20.1 Å². The van der Waals surface area contributed by atoms with Gasteiger partial charge in [0.1, 0.15) is 17.1 Å². The predicted molar refractivity (Wildman–Crippen MR) is 68.9 cm³/mol. The average molecular weight is 261 g/mol. The summed E-state index contributed by atoms with van der Waals surface area (Å²) in [5.41, 5.74) is -0.111. The van der Waals surface area contributed by atoms with Gasteiger partial charge in [0.05, 0.1) is 6.33 Å². The molecule has 1 unspecified atom stereocenters. The summed E-state index contributed by atoms with van der Waals surface area (Å²) in [7, 11) is 0. The van der Waals surface area contributed by atoms with Crippen molar-refractivity contribution in [1.82, 2.24) is 14.9 Å². The van der Waals surface area contributed by atoms with E-state index in [0.29, 0.717) is 6.54 Å². The summed E-state index contributed by atoms with van der Waals surface area (Å²) >= 11 is 0. The molecule has 1 aromatic heterocycles. The summed E-state index contributed by atoms with van der Waals surface area (Å²) in [6, 6.07) is 4.02. The van der Waals surface area contributed by atoms with Crippen molar-refractivity contribution < 1.29 is 15.0 Å². The maximum absolute atomic E-state index is 12.0. The van der Waals surface area contributed by atoms with Crippen LogP contribution in [0.5, 0.6) is 11.5 Å². The Morgan fingerprint density at radius 3 is 2.68 bits per heavy atom. The van der Waals surface area contributed by atoms with Gasteiger partial charge in [-0.1, -0.05) is 6.07 Å². The Hall–Kier alpha value is -2.50. The maximum atomic E-state index is 12.0. The second-order valence-electron chi connectivity index (χ2n) is 4.31. The van der Waals surface area contributed by atoms with Crippen LogP contribution in [0, 0.1) is 0 Å². The quantitative estimate of drug-likeness (QED) is 0.769. The summed E-state index contributed by atoms with van der Waals surface area (Å²) in [4.78, 5) is 15.9. The molecule has 0 saturated carbocycles. The van der Waals surface area contributed by atoms with E-state index in [-0.39, 0.29) is 23.1 Å². The van der Waals surface area contributed by atoms with Gasteiger partial charge in [0.25, 0.3) is 5.91 Å². The van der Waals surface area contributed by atoms with E-state index in [1.165, 1.54) is 18.2 Å². The number of carbonyl (C=O) groups is 1. The second-order valence-corrected chi connectivity index (χ2v) is 4.31. The lowest BCUT2D eigenvalue weighted by Crippen LogP contribution is -2.35. The third kappa shape index (κ3) is 3.04. The molecule has 0 saturated heterocycles. The number of nitrogens with zero attached hydrogens (tertiary/aromatic N) is 2. The van der Waals surface area contributed by atoms with Crippen LogP contribution in [0.2, 0.25) is 0 Å². The van der Waals surface area contributed by atoms with Crippen molar-refractivity contribution in [2.24, 2.45) is 0 Å². The third-order valence-corrected chi connectivity index (χ3v) is 2.67. The monoisotopic (exact) mass is 261 g/mol. The molecule has 0 aliphatic rings. The number of phenols is 2. The van der Waals surface area contributed by atoms with Gasteiger partial charge in [0, 0.05) is 25.0 Å². The van der Waals surface area contributed by atoms with Crippen molar-refractivity contribution in [3.8, 4) is 11.5 Å². The normalized spacial score (nSPS) is 12.1. The molecule has 0 radical (unpaired) electrons. The van der Waals surface area contributed by atoms with Gasteiger partial charge in [-0.3, -0.25) is 4.79 Å². The zero-order valence-electron chi connectivity index (χ0n) is 10.4. The smallest absolute Gasteiger partial charge is 0.259 e. The molecule has 1 aromatic carbocycles. The first-order valence-corrected chi connectivity index (χ1v) is 5.85. The van der Waals surface area contributed by atoms with Crippen LogP contribution in [-0.2, 0) is 6.54 Å². The summed E-state index contributed by atoms with van der Waals surface area (Å²) in [6.45, 7) is 2.38. The van der Waals surface area contributed by atoms with Crippen LogP contribution in [0.25, 0.3) is 0 Å². The minimum Gasteiger partial charge on any atom is -0.507 e. The van der Waals surface area contributed by atoms with Crippen molar-refractivity contribution in [3.05, 3.63) is 42.5 Å². The Kier molecular flexibility index (Phi) is 3.70. The number of phenolic OH excluding ortho intramolecular Hbond substituents is 2. The number of rotatable bonds is 4. The Morgan fingerprint density at radius 1 is 1.42 bits per heavy atom. The minimum absolute atomic E-state index is 0.111. The van der Waals surface area contributed by atoms with Crippen LogP contribution < -0.4 is 5.32 Å². The fraction of sp³-hybridized carbons (Fsp3) is 0.231. The van der Waals surface area contributed by atoms with E-state index in [1.54, 1.807) is 18.7 Å². The molecule has 0 bridgehead atoms. The lowest BCUT2D eigenvalue weighted by molar-refractivity contribution is 0.0931. The first-order valence-electron chi connectivity index (χ1n) is 5.85. The zero-order chi connectivity index (χ0) is 13.8. The molecule has 6 nitrogen and oxygen atoms in total. The van der Waals surface area contributed by atoms with Crippen LogP contribution in [0.15, 0.2) is 36.9 Å². The Morgan fingerprint density at radius 2 is 2.11 bits per heavy atom. The van der Waals surface area contributed by atoms with Gasteiger partial charge in [-0.2, -0.15) is 0 Å². The molecular weight excluding hydrogens is 246 g/mol. The average Bonchev–Trinajstić information content (AvgIpc) is 2.81. The number of aromatic hydroxyl groups is 2. The summed E-state index contributed by atoms with van der Waals surface area (Å²) in [6.07, 6.45) is 5.10. The molecule has 0 fully saturated rings. The Bertz CT molecular complexity index is 546. The van der Waals surface area contributed by atoms with E-state index in [2.05, 4.69) is 10.3 Å². The van der Waals surface area contributed by atoms with Crippen molar-refractivity contribution in [2.45, 2.75) is 19.5 Å². The van der Waals surface area contributed by atoms with E-state index in [9.17, 15) is 15.0 Å². The first kappa shape index (κ1) is 12.9. The topological polar surface area (TPSA) is 87.4 Å². The molecule has 6 heteroatoms. The lowest BCUT2D eigenvalue weighted by Gasteiger charge is -2.15. The van der Waals surface area contributed by atoms with Gasteiger partial charge in [-0.25, -0.2) is 4.98 Å². The molecule has 19 heavy (non-hydrogen) atoms. The summed E-state index contributed by atoms with van der Waals surface area (Å²) in [5.74, 6) is -0.997. The number of nitrogens with one attached hydrogen (secondary N) is 1. The van der Waals surface area contributed by atoms with Crippen molar-refractivity contribution in [2.75, 3.05) is 0 Å². The molecular formula is C13H15N3O3. The highest BCUT2D eigenvalue weighted by atomic mass is 16.3. The Labute approximate surface area is 110 Å². The molecule has 3 N–H and O–H groups in total. The summed E-state index contributed by atoms with van der Waals surface area (Å²) < 4.78 is 1.83. The SMILES string of the molecule is CC(Cn1ccnc1)NC(=O)c1c(O)cccc1O. The van der Waals surface area contributed by atoms with Crippen LogP contribution in [-0.4, -0.2) is 31.7 Å². The van der Waals surface area contributed by atoms with E-state index in [4.69, 9.17) is 0 Å². The fourth-order valence-corrected chi connectivity index (χ4v) is 1.81. The van der Waals surface area contributed by atoms with Gasteiger partial charge in [0.2, 0.25) is 0 Å². The number of amides is 1. The zero-order valence-corrected chi connectivity index (χ0v) is 10.4. The number of carbonyl (C=O) groups excluding carboxylic acids is 1. The molecule has 0 aliphatic heterocycles. The molecule has 100 valence electrons. The van der Waals surface area contributed by atoms with Crippen LogP contribution >= 0.6 is 0 Å². The van der Waals surface area contributed by atoms with E-state index in [0.717, 1.165) is 0 Å². The number of aromatic nitrogens is 2. The number of hydrogen-bond acceptors (Lipinski definition) is 4. The number of imidazole rings is 1. The van der Waals surface area contributed by atoms with Gasteiger partial charge in [-0.15, -0.1) is 0 Å².